The zero-order valence-electron chi connectivity index (χ0n) is 11.3. The monoisotopic (exact) mass is 311 g/mol. The van der Waals surface area contributed by atoms with Crippen molar-refractivity contribution in [3.8, 4) is 0 Å². The number of amides is 1. The van der Waals surface area contributed by atoms with Crippen LogP contribution in [-0.2, 0) is 11.2 Å². The molecule has 18 heavy (non-hydrogen) atoms. The number of benzene rings is 1. The third-order valence-corrected chi connectivity index (χ3v) is 4.41. The standard InChI is InChI=1S/C15H22BrNO/c1-11(2)14(16)15(18)17-12(3)9-10-13-7-5-4-6-8-13/h4-8,11-12,14H,9-10H2,1-3H3,(H,17,18). The predicted molar refractivity (Wildman–Crippen MR) is 79.9 cm³/mol. The van der Waals surface area contributed by atoms with Crippen LogP contribution in [0.3, 0.4) is 0 Å². The lowest BCUT2D eigenvalue weighted by molar-refractivity contribution is -0.121. The van der Waals surface area contributed by atoms with E-state index in [0.29, 0.717) is 5.92 Å². The van der Waals surface area contributed by atoms with Crippen molar-refractivity contribution in [2.75, 3.05) is 0 Å². The highest BCUT2D eigenvalue weighted by Gasteiger charge is 2.19. The van der Waals surface area contributed by atoms with E-state index in [4.69, 9.17) is 0 Å². The van der Waals surface area contributed by atoms with Crippen LogP contribution in [0.1, 0.15) is 32.8 Å². The van der Waals surface area contributed by atoms with Crippen LogP contribution in [0.15, 0.2) is 30.3 Å². The van der Waals surface area contributed by atoms with Crippen LogP contribution in [0, 0.1) is 5.92 Å². The molecule has 2 nitrogen and oxygen atoms in total. The largest absolute Gasteiger partial charge is 0.353 e. The first-order chi connectivity index (χ1) is 8.50. The Morgan fingerprint density at radius 2 is 1.83 bits per heavy atom. The summed E-state index contributed by atoms with van der Waals surface area (Å²) in [6, 6.07) is 10.6. The van der Waals surface area contributed by atoms with E-state index < -0.39 is 0 Å². The minimum atomic E-state index is -0.100. The summed E-state index contributed by atoms with van der Waals surface area (Å²) in [5.74, 6) is 0.400. The quantitative estimate of drug-likeness (QED) is 0.800. The molecule has 0 aliphatic carbocycles. The topological polar surface area (TPSA) is 29.1 Å². The Labute approximate surface area is 118 Å². The average molecular weight is 312 g/mol. The zero-order valence-corrected chi connectivity index (χ0v) is 12.9. The Morgan fingerprint density at radius 1 is 1.22 bits per heavy atom. The summed E-state index contributed by atoms with van der Waals surface area (Å²) in [5, 5.41) is 3.05. The first-order valence-corrected chi connectivity index (χ1v) is 7.40. The second-order valence-electron chi connectivity index (χ2n) is 5.08. The fraction of sp³-hybridized carbons (Fsp3) is 0.533. The van der Waals surface area contributed by atoms with Gasteiger partial charge in [0.05, 0.1) is 4.83 Å². The minimum Gasteiger partial charge on any atom is -0.353 e. The third-order valence-electron chi connectivity index (χ3n) is 2.93. The molecule has 1 amide bonds. The van der Waals surface area contributed by atoms with Gasteiger partial charge in [0, 0.05) is 6.04 Å². The Balaban J connectivity index is 2.34. The summed E-state index contributed by atoms with van der Waals surface area (Å²) in [6.07, 6.45) is 1.96. The van der Waals surface area contributed by atoms with Crippen LogP contribution in [0.5, 0.6) is 0 Å². The highest BCUT2D eigenvalue weighted by atomic mass is 79.9. The molecule has 0 fully saturated rings. The lowest BCUT2D eigenvalue weighted by atomic mass is 10.1. The Bertz CT molecular complexity index is 364. The van der Waals surface area contributed by atoms with Gasteiger partial charge in [0.1, 0.15) is 0 Å². The molecule has 0 aromatic heterocycles. The molecule has 100 valence electrons. The number of carbonyl (C=O) groups excluding carboxylic acids is 1. The van der Waals surface area contributed by atoms with E-state index in [1.54, 1.807) is 0 Å². The number of carbonyl (C=O) groups is 1. The molecular weight excluding hydrogens is 290 g/mol. The van der Waals surface area contributed by atoms with Crippen molar-refractivity contribution in [3.05, 3.63) is 35.9 Å². The van der Waals surface area contributed by atoms with Gasteiger partial charge >= 0.3 is 0 Å². The van der Waals surface area contributed by atoms with Gasteiger partial charge in [-0.05, 0) is 31.2 Å². The summed E-state index contributed by atoms with van der Waals surface area (Å²) >= 11 is 3.42. The molecule has 1 N–H and O–H groups in total. The van der Waals surface area contributed by atoms with Crippen molar-refractivity contribution in [1.82, 2.24) is 5.32 Å². The van der Waals surface area contributed by atoms with Gasteiger partial charge in [-0.2, -0.15) is 0 Å². The van der Waals surface area contributed by atoms with Crippen molar-refractivity contribution in [2.24, 2.45) is 5.92 Å². The van der Waals surface area contributed by atoms with Gasteiger partial charge in [0.25, 0.3) is 0 Å². The summed E-state index contributed by atoms with van der Waals surface area (Å²) < 4.78 is 0. The summed E-state index contributed by atoms with van der Waals surface area (Å²) in [6.45, 7) is 6.13. The highest BCUT2D eigenvalue weighted by Crippen LogP contribution is 2.12. The number of aryl methyl sites for hydroxylation is 1. The van der Waals surface area contributed by atoms with Gasteiger partial charge in [-0.25, -0.2) is 0 Å². The van der Waals surface area contributed by atoms with E-state index in [1.807, 2.05) is 32.0 Å². The summed E-state index contributed by atoms with van der Waals surface area (Å²) in [7, 11) is 0. The van der Waals surface area contributed by atoms with Crippen molar-refractivity contribution in [2.45, 2.75) is 44.5 Å². The van der Waals surface area contributed by atoms with Crippen molar-refractivity contribution in [3.63, 3.8) is 0 Å². The van der Waals surface area contributed by atoms with E-state index in [-0.39, 0.29) is 16.8 Å². The second kappa shape index (κ2) is 7.57. The van der Waals surface area contributed by atoms with Crippen LogP contribution in [0.25, 0.3) is 0 Å². The van der Waals surface area contributed by atoms with E-state index in [2.05, 4.69) is 40.3 Å². The summed E-state index contributed by atoms with van der Waals surface area (Å²) in [5.41, 5.74) is 1.32. The van der Waals surface area contributed by atoms with Gasteiger partial charge in [-0.3, -0.25) is 4.79 Å². The van der Waals surface area contributed by atoms with Gasteiger partial charge in [0.15, 0.2) is 0 Å². The normalized spacial score (nSPS) is 14.3. The first kappa shape index (κ1) is 15.2. The molecule has 1 aromatic carbocycles. The van der Waals surface area contributed by atoms with Crippen LogP contribution in [0.4, 0.5) is 0 Å². The van der Waals surface area contributed by atoms with Gasteiger partial charge in [0.2, 0.25) is 5.91 Å². The SMILES string of the molecule is CC(CCc1ccccc1)NC(=O)C(Br)C(C)C. The minimum absolute atomic E-state index is 0.0885. The van der Waals surface area contributed by atoms with Crippen LogP contribution in [-0.4, -0.2) is 16.8 Å². The Kier molecular flexibility index (Phi) is 6.41. The number of halogens is 1. The number of hydrogen-bond donors (Lipinski definition) is 1. The van der Waals surface area contributed by atoms with Crippen LogP contribution in [0.2, 0.25) is 0 Å². The van der Waals surface area contributed by atoms with Crippen LogP contribution >= 0.6 is 15.9 Å². The lowest BCUT2D eigenvalue weighted by Crippen LogP contribution is -2.39. The zero-order chi connectivity index (χ0) is 13.5. The molecule has 0 saturated carbocycles. The Hall–Kier alpha value is -0.830. The van der Waals surface area contributed by atoms with E-state index in [9.17, 15) is 4.79 Å². The van der Waals surface area contributed by atoms with Crippen LogP contribution < -0.4 is 5.32 Å². The van der Waals surface area contributed by atoms with Gasteiger partial charge < -0.3 is 5.32 Å². The number of hydrogen-bond acceptors (Lipinski definition) is 1. The molecule has 0 spiro atoms. The third kappa shape index (κ3) is 5.21. The highest BCUT2D eigenvalue weighted by molar-refractivity contribution is 9.10. The molecule has 0 saturated heterocycles. The molecule has 0 aliphatic rings. The molecule has 0 bridgehead atoms. The van der Waals surface area contributed by atoms with Gasteiger partial charge in [-0.15, -0.1) is 0 Å². The molecule has 0 aliphatic heterocycles. The van der Waals surface area contributed by atoms with Gasteiger partial charge in [-0.1, -0.05) is 60.1 Å². The number of alkyl halides is 1. The maximum atomic E-state index is 11.8. The predicted octanol–water partition coefficient (Wildman–Crippen LogP) is 3.54. The molecular formula is C15H22BrNO. The molecule has 1 rings (SSSR count). The number of rotatable bonds is 6. The maximum Gasteiger partial charge on any atom is 0.234 e. The molecule has 2 atom stereocenters. The second-order valence-corrected chi connectivity index (χ2v) is 6.07. The lowest BCUT2D eigenvalue weighted by Gasteiger charge is -2.18. The van der Waals surface area contributed by atoms with Crippen molar-refractivity contribution in [1.29, 1.82) is 0 Å². The first-order valence-electron chi connectivity index (χ1n) is 6.49. The van der Waals surface area contributed by atoms with E-state index in [1.165, 1.54) is 5.56 Å². The molecule has 3 heteroatoms. The van der Waals surface area contributed by atoms with Crippen molar-refractivity contribution >= 4 is 21.8 Å². The van der Waals surface area contributed by atoms with E-state index in [0.717, 1.165) is 12.8 Å². The van der Waals surface area contributed by atoms with Crippen molar-refractivity contribution < 1.29 is 4.79 Å². The molecule has 1 aromatic rings. The smallest absolute Gasteiger partial charge is 0.234 e. The summed E-state index contributed by atoms with van der Waals surface area (Å²) in [4.78, 5) is 11.7. The molecule has 0 radical (unpaired) electrons. The molecule has 2 unspecified atom stereocenters. The average Bonchev–Trinajstić information content (AvgIpc) is 2.36. The fourth-order valence-corrected chi connectivity index (χ4v) is 1.86. The van der Waals surface area contributed by atoms with E-state index >= 15 is 0 Å². The Morgan fingerprint density at radius 3 is 2.39 bits per heavy atom. The fourth-order valence-electron chi connectivity index (χ4n) is 1.73. The maximum absolute atomic E-state index is 11.8. The molecule has 0 heterocycles. The number of nitrogens with one attached hydrogen (secondary N) is 1.